The maximum Gasteiger partial charge on any atom is 0.344 e. The first kappa shape index (κ1) is 20.0. The van der Waals surface area contributed by atoms with Crippen molar-refractivity contribution in [1.82, 2.24) is 0 Å². The summed E-state index contributed by atoms with van der Waals surface area (Å²) in [5.74, 6) is -2.30. The molecule has 0 bridgehead atoms. The standard InChI is InChI=1S/C25H15NO8/c27-16-10-9-12(26(30)31)11-15(16)19-20-22(13-5-1-3-7-17(13)32-24(20)28)34-23-14-6-2-4-8-18(14)33-25(29)21(19)23/h1-11,13,17,19,27H. The molecule has 9 heteroatoms. The number of rotatable bonds is 2. The number of allylic oxidation sites excluding steroid dienone is 2. The summed E-state index contributed by atoms with van der Waals surface area (Å²) in [5.41, 5.74) is -0.863. The van der Waals surface area contributed by atoms with Crippen molar-refractivity contribution >= 4 is 22.6 Å². The molecule has 0 spiro atoms. The monoisotopic (exact) mass is 457 g/mol. The second-order valence-electron chi connectivity index (χ2n) is 8.11. The van der Waals surface area contributed by atoms with Crippen LogP contribution in [0.1, 0.15) is 17.0 Å². The van der Waals surface area contributed by atoms with Crippen molar-refractivity contribution in [2.75, 3.05) is 0 Å². The number of benzene rings is 2. The van der Waals surface area contributed by atoms with Gasteiger partial charge in [0.15, 0.2) is 0 Å². The number of fused-ring (bicyclic) bond motifs is 5. The van der Waals surface area contributed by atoms with E-state index in [4.69, 9.17) is 13.9 Å². The average Bonchev–Trinajstić information content (AvgIpc) is 2.83. The number of nitro benzene ring substituents is 1. The van der Waals surface area contributed by atoms with Gasteiger partial charge in [-0.2, -0.15) is 0 Å². The molecule has 3 atom stereocenters. The van der Waals surface area contributed by atoms with Gasteiger partial charge in [-0.05, 0) is 24.3 Å². The van der Waals surface area contributed by atoms with Crippen LogP contribution in [0.25, 0.3) is 11.0 Å². The molecule has 0 radical (unpaired) electrons. The molecule has 6 rings (SSSR count). The molecule has 1 aliphatic carbocycles. The van der Waals surface area contributed by atoms with Crippen LogP contribution in [0.2, 0.25) is 0 Å². The predicted molar refractivity (Wildman–Crippen MR) is 118 cm³/mol. The number of hydrogen-bond donors (Lipinski definition) is 1. The van der Waals surface area contributed by atoms with Gasteiger partial charge in [0.05, 0.1) is 33.3 Å². The summed E-state index contributed by atoms with van der Waals surface area (Å²) in [4.78, 5) is 37.3. The minimum atomic E-state index is -1.20. The summed E-state index contributed by atoms with van der Waals surface area (Å²) in [6.45, 7) is 0. The molecule has 2 aliphatic heterocycles. The van der Waals surface area contributed by atoms with E-state index in [1.807, 2.05) is 6.08 Å². The van der Waals surface area contributed by atoms with Crippen LogP contribution < -0.4 is 10.4 Å². The highest BCUT2D eigenvalue weighted by atomic mass is 16.6. The van der Waals surface area contributed by atoms with Crippen molar-refractivity contribution in [3.8, 4) is 11.5 Å². The summed E-state index contributed by atoms with van der Waals surface area (Å²) in [6, 6.07) is 10.2. The van der Waals surface area contributed by atoms with E-state index in [0.717, 1.165) is 18.2 Å². The molecule has 0 saturated carbocycles. The van der Waals surface area contributed by atoms with Gasteiger partial charge in [-0.25, -0.2) is 9.59 Å². The Kier molecular flexibility index (Phi) is 4.22. The van der Waals surface area contributed by atoms with Crippen molar-refractivity contribution < 1.29 is 28.7 Å². The van der Waals surface area contributed by atoms with Crippen LogP contribution in [0, 0.1) is 16.0 Å². The fourth-order valence-electron chi connectivity index (χ4n) is 4.73. The number of phenolic OH excluding ortho intramolecular Hbond substituents is 1. The third-order valence-corrected chi connectivity index (χ3v) is 6.24. The molecule has 2 aromatic carbocycles. The van der Waals surface area contributed by atoms with Gasteiger partial charge in [-0.3, -0.25) is 10.1 Å². The maximum atomic E-state index is 13.2. The van der Waals surface area contributed by atoms with E-state index in [-0.39, 0.29) is 45.2 Å². The lowest BCUT2D eigenvalue weighted by Crippen LogP contribution is -2.40. The zero-order chi connectivity index (χ0) is 23.6. The fraction of sp³-hybridized carbons (Fsp3) is 0.120. The molecular formula is C25H15NO8. The quantitative estimate of drug-likeness (QED) is 0.266. The minimum Gasteiger partial charge on any atom is -0.508 e. The van der Waals surface area contributed by atoms with Crippen molar-refractivity contribution in [3.63, 3.8) is 0 Å². The van der Waals surface area contributed by atoms with E-state index in [9.17, 15) is 24.8 Å². The Morgan fingerprint density at radius 3 is 2.65 bits per heavy atom. The molecule has 3 aliphatic rings. The van der Waals surface area contributed by atoms with E-state index >= 15 is 0 Å². The largest absolute Gasteiger partial charge is 0.508 e. The molecule has 3 heterocycles. The first-order valence-corrected chi connectivity index (χ1v) is 10.4. The summed E-state index contributed by atoms with van der Waals surface area (Å²) >= 11 is 0. The smallest absolute Gasteiger partial charge is 0.344 e. The number of non-ortho nitro benzene ring substituents is 1. The third kappa shape index (κ3) is 2.80. The molecule has 3 aromatic rings. The lowest BCUT2D eigenvalue weighted by Gasteiger charge is -2.38. The van der Waals surface area contributed by atoms with Crippen molar-refractivity contribution in [1.29, 1.82) is 0 Å². The SMILES string of the molecule is O=C1OC2C=CC=CC2C2=C1C(c1cc([N+](=O)[O-])ccc1O)c1c(c3ccccc3oc1=O)O2. The molecule has 168 valence electrons. The highest BCUT2D eigenvalue weighted by Crippen LogP contribution is 2.51. The van der Waals surface area contributed by atoms with Crippen molar-refractivity contribution in [2.45, 2.75) is 12.0 Å². The maximum absolute atomic E-state index is 13.2. The first-order valence-electron chi connectivity index (χ1n) is 10.4. The highest BCUT2D eigenvalue weighted by molar-refractivity contribution is 5.96. The van der Waals surface area contributed by atoms with E-state index in [1.165, 1.54) is 0 Å². The first-order chi connectivity index (χ1) is 16.4. The fourth-order valence-corrected chi connectivity index (χ4v) is 4.73. The molecule has 1 N–H and O–H groups in total. The van der Waals surface area contributed by atoms with Gasteiger partial charge in [-0.1, -0.05) is 30.4 Å². The van der Waals surface area contributed by atoms with Crippen LogP contribution in [0.4, 0.5) is 5.69 Å². The second kappa shape index (κ2) is 7.17. The van der Waals surface area contributed by atoms with E-state index in [2.05, 4.69) is 0 Å². The highest BCUT2D eigenvalue weighted by Gasteiger charge is 2.47. The number of hydrogen-bond acceptors (Lipinski definition) is 8. The Morgan fingerprint density at radius 1 is 1.03 bits per heavy atom. The number of aromatic hydroxyl groups is 1. The summed E-state index contributed by atoms with van der Waals surface area (Å²) in [5, 5.41) is 22.7. The van der Waals surface area contributed by atoms with E-state index < -0.39 is 34.5 Å². The number of carbonyl (C=O) groups excluding carboxylic acids is 1. The Hall–Kier alpha value is -4.66. The van der Waals surface area contributed by atoms with E-state index in [0.29, 0.717) is 5.39 Å². The predicted octanol–water partition coefficient (Wildman–Crippen LogP) is 3.85. The van der Waals surface area contributed by atoms with Crippen LogP contribution in [0.3, 0.4) is 0 Å². The Bertz CT molecular complexity index is 1560. The van der Waals surface area contributed by atoms with Crippen molar-refractivity contribution in [2.24, 2.45) is 5.92 Å². The number of phenols is 1. The zero-order valence-corrected chi connectivity index (χ0v) is 17.3. The Morgan fingerprint density at radius 2 is 1.82 bits per heavy atom. The molecule has 0 saturated heterocycles. The molecule has 1 aromatic heterocycles. The average molecular weight is 457 g/mol. The van der Waals surface area contributed by atoms with Crippen LogP contribution in [0.15, 0.2) is 87.3 Å². The topological polar surface area (TPSA) is 129 Å². The van der Waals surface area contributed by atoms with Gasteiger partial charge in [0.1, 0.15) is 28.9 Å². The number of nitro groups is 1. The lowest BCUT2D eigenvalue weighted by atomic mass is 9.77. The number of para-hydroxylation sites is 1. The van der Waals surface area contributed by atoms with E-state index in [1.54, 1.807) is 42.5 Å². The van der Waals surface area contributed by atoms with Gasteiger partial charge in [0.25, 0.3) is 5.69 Å². The van der Waals surface area contributed by atoms with Crippen LogP contribution in [-0.2, 0) is 9.53 Å². The Labute approximate surface area is 191 Å². The zero-order valence-electron chi connectivity index (χ0n) is 17.3. The number of carbonyl (C=O) groups is 1. The van der Waals surface area contributed by atoms with Crippen LogP contribution in [-0.4, -0.2) is 22.1 Å². The number of esters is 1. The lowest BCUT2D eigenvalue weighted by molar-refractivity contribution is -0.384. The van der Waals surface area contributed by atoms with Crippen LogP contribution in [0.5, 0.6) is 11.5 Å². The van der Waals surface area contributed by atoms with Crippen LogP contribution >= 0.6 is 0 Å². The molecule has 9 nitrogen and oxygen atoms in total. The summed E-state index contributed by atoms with van der Waals surface area (Å²) in [6.07, 6.45) is 6.48. The summed E-state index contributed by atoms with van der Waals surface area (Å²) < 4.78 is 17.4. The molecule has 3 unspecified atom stereocenters. The van der Waals surface area contributed by atoms with Gasteiger partial charge >= 0.3 is 11.6 Å². The Balaban J connectivity index is 1.71. The van der Waals surface area contributed by atoms with Gasteiger partial charge in [-0.15, -0.1) is 0 Å². The normalized spacial score (nSPS) is 22.5. The van der Waals surface area contributed by atoms with Crippen molar-refractivity contribution in [3.05, 3.63) is 110 Å². The molecule has 0 fully saturated rings. The van der Waals surface area contributed by atoms with Gasteiger partial charge < -0.3 is 19.0 Å². The second-order valence-corrected chi connectivity index (χ2v) is 8.11. The van der Waals surface area contributed by atoms with Gasteiger partial charge in [0, 0.05) is 17.7 Å². The molecule has 0 amide bonds. The molecule has 34 heavy (non-hydrogen) atoms. The number of ether oxygens (including phenoxy) is 2. The summed E-state index contributed by atoms with van der Waals surface area (Å²) in [7, 11) is 0. The number of nitrogens with zero attached hydrogens (tertiary/aromatic N) is 1. The minimum absolute atomic E-state index is 0.000405. The molecular weight excluding hydrogens is 442 g/mol. The van der Waals surface area contributed by atoms with Gasteiger partial charge in [0.2, 0.25) is 0 Å². The third-order valence-electron chi connectivity index (χ3n) is 6.24.